The van der Waals surface area contributed by atoms with Gasteiger partial charge >= 0.3 is 0 Å². The number of hydrogen-bond donors (Lipinski definition) is 0. The van der Waals surface area contributed by atoms with E-state index in [4.69, 9.17) is 4.74 Å². The second kappa shape index (κ2) is 23.6. The van der Waals surface area contributed by atoms with Gasteiger partial charge in [0.1, 0.15) is 11.5 Å². The SMILES string of the molecule is C=C(/C=C\C(C)=C/C)CN1CCC(c2ccc(OC)cc2)CC1.CC.CC(C)=O.CCCCCC. The molecule has 0 spiro atoms. The Kier molecular flexibility index (Phi) is 23.6. The van der Waals surface area contributed by atoms with Gasteiger partial charge < -0.3 is 9.53 Å². The summed E-state index contributed by atoms with van der Waals surface area (Å²) in [5.74, 6) is 1.77. The van der Waals surface area contributed by atoms with Crippen LogP contribution in [0, 0.1) is 0 Å². The molecule has 0 amide bonds. The fourth-order valence-corrected chi connectivity index (χ4v) is 3.49. The van der Waals surface area contributed by atoms with Gasteiger partial charge in [0.05, 0.1) is 7.11 Å². The molecule has 0 saturated carbocycles. The summed E-state index contributed by atoms with van der Waals surface area (Å²) in [6.07, 6.45) is 14.4. The smallest absolute Gasteiger partial charge is 0.126 e. The van der Waals surface area contributed by atoms with Crippen molar-refractivity contribution in [2.75, 3.05) is 26.7 Å². The Morgan fingerprint density at radius 2 is 1.49 bits per heavy atom. The highest BCUT2D eigenvalue weighted by atomic mass is 16.5. The van der Waals surface area contributed by atoms with Crippen molar-refractivity contribution in [2.24, 2.45) is 0 Å². The van der Waals surface area contributed by atoms with E-state index >= 15 is 0 Å². The molecular weight excluding hydrogens is 430 g/mol. The van der Waals surface area contributed by atoms with Crippen molar-refractivity contribution in [1.82, 2.24) is 4.90 Å². The lowest BCUT2D eigenvalue weighted by Gasteiger charge is -2.32. The number of allylic oxidation sites excluding steroid dienone is 3. The number of methoxy groups -OCH3 is 1. The van der Waals surface area contributed by atoms with Crippen molar-refractivity contribution in [3.05, 3.63) is 65.8 Å². The van der Waals surface area contributed by atoms with E-state index in [1.165, 1.54) is 69.1 Å². The molecule has 2 rings (SSSR count). The summed E-state index contributed by atoms with van der Waals surface area (Å²) >= 11 is 0. The zero-order valence-corrected chi connectivity index (χ0v) is 24.5. The average Bonchev–Trinajstić information content (AvgIpc) is 2.87. The fraction of sp³-hybridized carbons (Fsp3) is 0.594. The first-order valence-corrected chi connectivity index (χ1v) is 13.6. The van der Waals surface area contributed by atoms with Crippen LogP contribution in [0.3, 0.4) is 0 Å². The first-order valence-electron chi connectivity index (χ1n) is 13.6. The van der Waals surface area contributed by atoms with Crippen molar-refractivity contribution < 1.29 is 9.53 Å². The maximum Gasteiger partial charge on any atom is 0.126 e. The molecule has 1 aliphatic rings. The molecule has 1 heterocycles. The van der Waals surface area contributed by atoms with Crippen molar-refractivity contribution >= 4 is 5.78 Å². The minimum Gasteiger partial charge on any atom is -0.497 e. The van der Waals surface area contributed by atoms with Crippen LogP contribution < -0.4 is 4.74 Å². The van der Waals surface area contributed by atoms with Crippen LogP contribution in [0.1, 0.15) is 105 Å². The number of Topliss-reactive ketones (excluding diaryl/α,β-unsaturated/α-hetero) is 1. The summed E-state index contributed by atoms with van der Waals surface area (Å²) in [5, 5.41) is 0. The maximum atomic E-state index is 9.44. The lowest BCUT2D eigenvalue weighted by atomic mass is 9.89. The van der Waals surface area contributed by atoms with Gasteiger partial charge in [0, 0.05) is 6.54 Å². The van der Waals surface area contributed by atoms with Gasteiger partial charge in [-0.25, -0.2) is 0 Å². The first-order chi connectivity index (χ1) is 16.8. The summed E-state index contributed by atoms with van der Waals surface area (Å²) < 4.78 is 5.24. The summed E-state index contributed by atoms with van der Waals surface area (Å²) in [7, 11) is 1.71. The van der Waals surface area contributed by atoms with Gasteiger partial charge in [-0.3, -0.25) is 4.90 Å². The minimum atomic E-state index is 0.167. The van der Waals surface area contributed by atoms with Crippen LogP contribution in [-0.2, 0) is 4.79 Å². The Balaban J connectivity index is 0. The third-order valence-corrected chi connectivity index (χ3v) is 5.60. The Hall–Kier alpha value is -2.13. The second-order valence-electron chi connectivity index (χ2n) is 8.96. The number of nitrogens with zero attached hydrogens (tertiary/aromatic N) is 1. The van der Waals surface area contributed by atoms with Crippen LogP contribution in [-0.4, -0.2) is 37.4 Å². The Bertz CT molecular complexity index is 700. The molecule has 0 aromatic heterocycles. The number of unbranched alkanes of at least 4 members (excludes halogenated alkanes) is 3. The van der Waals surface area contributed by atoms with Crippen molar-refractivity contribution in [1.29, 1.82) is 0 Å². The van der Waals surface area contributed by atoms with E-state index in [0.717, 1.165) is 25.4 Å². The van der Waals surface area contributed by atoms with Crippen molar-refractivity contribution in [3.8, 4) is 5.75 Å². The normalized spacial score (nSPS) is 14.0. The summed E-state index contributed by atoms with van der Waals surface area (Å²) in [4.78, 5) is 12.0. The average molecular weight is 486 g/mol. The molecule has 3 nitrogen and oxygen atoms in total. The Morgan fingerprint density at radius 1 is 1.00 bits per heavy atom. The lowest BCUT2D eigenvalue weighted by Crippen LogP contribution is -2.34. The largest absolute Gasteiger partial charge is 0.497 e. The van der Waals surface area contributed by atoms with Crippen LogP contribution >= 0.6 is 0 Å². The standard InChI is InChI=1S/C21H29NO.C6H14.C3H6O.C2H6/c1-5-17(2)6-7-18(3)16-22-14-12-20(13-15-22)19-8-10-21(23-4)11-9-19;1-3-5-6-4-2;1-3(2)4;1-2/h5-11,20H,3,12-16H2,1-2,4H3;3-6H2,1-2H3;1-2H3;1-2H3/b7-6-,17-5-;;;. The Morgan fingerprint density at radius 3 is 1.89 bits per heavy atom. The molecule has 0 atom stereocenters. The highest BCUT2D eigenvalue weighted by molar-refractivity contribution is 5.72. The predicted octanol–water partition coefficient (Wildman–Crippen LogP) is 9.16. The molecular formula is C32H55NO2. The molecule has 0 bridgehead atoms. The molecule has 1 aliphatic heterocycles. The molecule has 0 aliphatic carbocycles. The van der Waals surface area contributed by atoms with Gasteiger partial charge in [0.2, 0.25) is 0 Å². The molecule has 3 heteroatoms. The number of carbonyl (C=O) groups is 1. The van der Waals surface area contributed by atoms with Gasteiger partial charge in [0.25, 0.3) is 0 Å². The van der Waals surface area contributed by atoms with Crippen LogP contribution in [0.25, 0.3) is 0 Å². The zero-order chi connectivity index (χ0) is 27.1. The molecule has 1 fully saturated rings. The summed E-state index contributed by atoms with van der Waals surface area (Å²) in [6.45, 7) is 23.1. The number of hydrogen-bond acceptors (Lipinski definition) is 3. The van der Waals surface area contributed by atoms with E-state index in [-0.39, 0.29) is 5.78 Å². The Labute approximate surface area is 218 Å². The third kappa shape index (κ3) is 19.8. The highest BCUT2D eigenvalue weighted by Crippen LogP contribution is 2.29. The fourth-order valence-electron chi connectivity index (χ4n) is 3.49. The van der Waals surface area contributed by atoms with Crippen LogP contribution in [0.4, 0.5) is 0 Å². The quantitative estimate of drug-likeness (QED) is 0.258. The monoisotopic (exact) mass is 485 g/mol. The zero-order valence-electron chi connectivity index (χ0n) is 24.5. The maximum absolute atomic E-state index is 9.44. The topological polar surface area (TPSA) is 29.5 Å². The predicted molar refractivity (Wildman–Crippen MR) is 157 cm³/mol. The first kappa shape index (κ1) is 35.0. The molecule has 0 unspecified atom stereocenters. The molecule has 200 valence electrons. The summed E-state index contributed by atoms with van der Waals surface area (Å²) in [6, 6.07) is 8.55. The number of benzene rings is 1. The van der Waals surface area contributed by atoms with Gasteiger partial charge in [-0.05, 0) is 82.8 Å². The molecule has 0 radical (unpaired) electrons. The number of piperidine rings is 1. The summed E-state index contributed by atoms with van der Waals surface area (Å²) in [5.41, 5.74) is 3.91. The van der Waals surface area contributed by atoms with Crippen molar-refractivity contribution in [2.45, 2.75) is 99.8 Å². The van der Waals surface area contributed by atoms with E-state index < -0.39 is 0 Å². The lowest BCUT2D eigenvalue weighted by molar-refractivity contribution is -0.114. The van der Waals surface area contributed by atoms with E-state index in [9.17, 15) is 4.79 Å². The van der Waals surface area contributed by atoms with E-state index in [1.54, 1.807) is 7.11 Å². The molecule has 1 aromatic rings. The van der Waals surface area contributed by atoms with Gasteiger partial charge in [-0.15, -0.1) is 0 Å². The number of likely N-dealkylation sites (tertiary alicyclic amines) is 1. The number of carbonyl (C=O) groups excluding carboxylic acids is 1. The van der Waals surface area contributed by atoms with Crippen LogP contribution in [0.5, 0.6) is 5.75 Å². The van der Waals surface area contributed by atoms with E-state index in [0.29, 0.717) is 5.92 Å². The number of rotatable bonds is 9. The molecule has 0 N–H and O–H groups in total. The van der Waals surface area contributed by atoms with Crippen LogP contribution in [0.15, 0.2) is 60.2 Å². The van der Waals surface area contributed by atoms with E-state index in [2.05, 4.69) is 81.7 Å². The minimum absolute atomic E-state index is 0.167. The van der Waals surface area contributed by atoms with Crippen LogP contribution in [0.2, 0.25) is 0 Å². The number of ketones is 1. The van der Waals surface area contributed by atoms with E-state index in [1.807, 2.05) is 13.8 Å². The van der Waals surface area contributed by atoms with Crippen molar-refractivity contribution in [3.63, 3.8) is 0 Å². The molecule has 1 saturated heterocycles. The molecule has 35 heavy (non-hydrogen) atoms. The van der Waals surface area contributed by atoms with Gasteiger partial charge in [-0.1, -0.05) is 95.9 Å². The van der Waals surface area contributed by atoms with Gasteiger partial charge in [-0.2, -0.15) is 0 Å². The molecule has 1 aromatic carbocycles. The number of ether oxygens (including phenoxy) is 1. The second-order valence-corrected chi connectivity index (χ2v) is 8.96. The highest BCUT2D eigenvalue weighted by Gasteiger charge is 2.20. The third-order valence-electron chi connectivity index (χ3n) is 5.60. The van der Waals surface area contributed by atoms with Gasteiger partial charge in [0.15, 0.2) is 0 Å².